The fourth-order valence-corrected chi connectivity index (χ4v) is 6.66. The van der Waals surface area contributed by atoms with Crippen LogP contribution in [0.25, 0.3) is 0 Å². The number of hydrogen-bond donors (Lipinski definition) is 1. The van der Waals surface area contributed by atoms with Gasteiger partial charge in [-0.25, -0.2) is 8.42 Å². The van der Waals surface area contributed by atoms with Crippen LogP contribution in [0.5, 0.6) is 0 Å². The molecule has 192 valence electrons. The Morgan fingerprint density at radius 1 is 1.15 bits per heavy atom. The zero-order valence-electron chi connectivity index (χ0n) is 18.2. The van der Waals surface area contributed by atoms with Crippen LogP contribution in [0.1, 0.15) is 31.7 Å². The number of benzene rings is 1. The maximum absolute atomic E-state index is 13.0. The number of hydrogen-bond acceptors (Lipinski definition) is 4. The molecule has 1 aromatic carbocycles. The maximum atomic E-state index is 13.0. The maximum Gasteiger partial charge on any atom is 0.416 e. The number of nitrogens with one attached hydrogen (secondary N) is 1. The Morgan fingerprint density at radius 3 is 2.29 bits per heavy atom. The van der Waals surface area contributed by atoms with Crippen LogP contribution in [0, 0.1) is 11.8 Å². The molecule has 1 N–H and O–H groups in total. The summed E-state index contributed by atoms with van der Waals surface area (Å²) in [5, 5.41) is 0.575. The molecule has 2 fully saturated rings. The van der Waals surface area contributed by atoms with E-state index < -0.39 is 73.6 Å². The van der Waals surface area contributed by atoms with Crippen LogP contribution in [0.2, 0.25) is 0 Å². The van der Waals surface area contributed by atoms with Gasteiger partial charge in [-0.1, -0.05) is 6.07 Å². The number of carbonyl (C=O) groups excluding carboxylic acids is 1. The lowest BCUT2D eigenvalue weighted by molar-refractivity contribution is -0.180. The van der Waals surface area contributed by atoms with Crippen molar-refractivity contribution >= 4 is 27.3 Å². The highest BCUT2D eigenvalue weighted by atomic mass is 35.5. The zero-order valence-corrected chi connectivity index (χ0v) is 19.7. The van der Waals surface area contributed by atoms with Crippen molar-refractivity contribution in [1.29, 1.82) is 0 Å². The number of likely N-dealkylation sites (tertiary alicyclic amines) is 1. The number of nitrogens with zero attached hydrogens (tertiary/aromatic N) is 1. The fourth-order valence-electron chi connectivity index (χ4n) is 4.48. The fraction of sp³-hybridized carbons (Fsp3) is 0.667. The largest absolute Gasteiger partial charge is 0.416 e. The summed E-state index contributed by atoms with van der Waals surface area (Å²) in [6.07, 6.45) is -8.88. The van der Waals surface area contributed by atoms with Gasteiger partial charge in [0.2, 0.25) is 5.91 Å². The molecule has 34 heavy (non-hydrogen) atoms. The second-order valence-electron chi connectivity index (χ2n) is 8.81. The molecule has 0 saturated carbocycles. The van der Waals surface area contributed by atoms with Gasteiger partial charge in [0.15, 0.2) is 9.84 Å². The Labute approximate surface area is 198 Å². The highest BCUT2D eigenvalue weighted by molar-refractivity contribution is 7.92. The third-order valence-corrected chi connectivity index (χ3v) is 9.38. The predicted molar refractivity (Wildman–Crippen MR) is 113 cm³/mol. The Bertz CT molecular complexity index is 993. The second-order valence-corrected chi connectivity index (χ2v) is 11.7. The predicted octanol–water partition coefficient (Wildman–Crippen LogP) is 4.25. The average molecular weight is 535 g/mol. The van der Waals surface area contributed by atoms with Crippen molar-refractivity contribution in [1.82, 2.24) is 10.2 Å². The van der Waals surface area contributed by atoms with E-state index in [9.17, 15) is 39.6 Å². The molecule has 0 bridgehead atoms. The Kier molecular flexibility index (Phi) is 7.84. The molecule has 2 heterocycles. The van der Waals surface area contributed by atoms with Gasteiger partial charge in [0.05, 0.1) is 27.0 Å². The van der Waals surface area contributed by atoms with Crippen LogP contribution >= 0.6 is 11.6 Å². The molecule has 2 aliphatic heterocycles. The summed E-state index contributed by atoms with van der Waals surface area (Å²) in [5.74, 6) is -2.47. The summed E-state index contributed by atoms with van der Waals surface area (Å²) in [6, 6.07) is 2.63. The zero-order chi connectivity index (χ0) is 25.5. The summed E-state index contributed by atoms with van der Waals surface area (Å²) in [5.41, 5.74) is -1.05. The van der Waals surface area contributed by atoms with E-state index in [-0.39, 0.29) is 32.4 Å². The first kappa shape index (κ1) is 27.1. The van der Waals surface area contributed by atoms with E-state index in [1.807, 2.05) is 0 Å². The molecule has 1 aromatic rings. The van der Waals surface area contributed by atoms with Gasteiger partial charge in [0.25, 0.3) is 0 Å². The Morgan fingerprint density at radius 2 is 1.76 bits per heavy atom. The summed E-state index contributed by atoms with van der Waals surface area (Å²) in [4.78, 5) is 13.9. The van der Waals surface area contributed by atoms with Crippen LogP contribution in [0.15, 0.2) is 29.2 Å². The molecule has 5 nitrogen and oxygen atoms in total. The van der Waals surface area contributed by atoms with E-state index >= 15 is 0 Å². The first-order valence-corrected chi connectivity index (χ1v) is 12.7. The smallest absolute Gasteiger partial charge is 0.341 e. The number of sulfone groups is 1. The van der Waals surface area contributed by atoms with Gasteiger partial charge in [-0.3, -0.25) is 4.79 Å². The standard InChI is InChI=1S/C21H25ClF6N2O3S/c1-12(34(32,33)16-4-2-3-14(9-16)20(23,24)25)13-5-7-30(8-6-13)19(31)18-17(22)10-15(11-29-18)21(26,27)28/h2-4,9,12-13,15,17-18,29H,5-8,10-11H2,1H3/t12-,15?,17?,18?/m0/s1. The number of alkyl halides is 7. The number of amides is 1. The van der Waals surface area contributed by atoms with E-state index in [1.54, 1.807) is 0 Å². The first-order valence-electron chi connectivity index (χ1n) is 10.8. The van der Waals surface area contributed by atoms with Gasteiger partial charge in [0.1, 0.15) is 6.04 Å². The summed E-state index contributed by atoms with van der Waals surface area (Å²) in [7, 11) is -4.05. The van der Waals surface area contributed by atoms with Crippen LogP contribution in [-0.4, -0.2) is 61.7 Å². The molecule has 1 amide bonds. The highest BCUT2D eigenvalue weighted by Crippen LogP contribution is 2.36. The monoisotopic (exact) mass is 534 g/mol. The van der Waals surface area contributed by atoms with Crippen LogP contribution in [0.3, 0.4) is 0 Å². The van der Waals surface area contributed by atoms with Crippen LogP contribution in [-0.2, 0) is 20.8 Å². The lowest BCUT2D eigenvalue weighted by atomic mass is 9.91. The van der Waals surface area contributed by atoms with Crippen molar-refractivity contribution in [3.63, 3.8) is 0 Å². The second kappa shape index (κ2) is 9.85. The van der Waals surface area contributed by atoms with Crippen molar-refractivity contribution in [2.24, 2.45) is 11.8 Å². The molecule has 0 aromatic heterocycles. The SMILES string of the molecule is C[C@@H](C1CCN(C(=O)C2NCC(C(F)(F)F)CC2Cl)CC1)S(=O)(=O)c1cccc(C(F)(F)F)c1. The van der Waals surface area contributed by atoms with Crippen molar-refractivity contribution in [2.75, 3.05) is 19.6 Å². The lowest BCUT2D eigenvalue weighted by Crippen LogP contribution is -2.58. The quantitative estimate of drug-likeness (QED) is 0.463. The number of halogens is 7. The molecule has 0 aliphatic carbocycles. The minimum Gasteiger partial charge on any atom is -0.341 e. The molecule has 2 aliphatic rings. The Hall–Kier alpha value is -1.53. The van der Waals surface area contributed by atoms with Crippen molar-refractivity contribution in [3.8, 4) is 0 Å². The topological polar surface area (TPSA) is 66.5 Å². The van der Waals surface area contributed by atoms with E-state index in [1.165, 1.54) is 11.8 Å². The van der Waals surface area contributed by atoms with Crippen molar-refractivity contribution in [3.05, 3.63) is 29.8 Å². The third-order valence-electron chi connectivity index (χ3n) is 6.68. The van der Waals surface area contributed by atoms with Gasteiger partial charge >= 0.3 is 12.4 Å². The van der Waals surface area contributed by atoms with Gasteiger partial charge in [-0.05, 0) is 50.3 Å². The molecule has 0 radical (unpaired) electrons. The van der Waals surface area contributed by atoms with E-state index in [2.05, 4.69) is 5.32 Å². The van der Waals surface area contributed by atoms with E-state index in [4.69, 9.17) is 11.6 Å². The first-order chi connectivity index (χ1) is 15.6. The third kappa shape index (κ3) is 5.81. The molecule has 3 rings (SSSR count). The summed E-state index contributed by atoms with van der Waals surface area (Å²) >= 11 is 6.08. The van der Waals surface area contributed by atoms with Crippen molar-refractivity contribution < 1.29 is 39.6 Å². The average Bonchev–Trinajstić information content (AvgIpc) is 2.77. The van der Waals surface area contributed by atoms with E-state index in [0.29, 0.717) is 6.07 Å². The summed E-state index contributed by atoms with van der Waals surface area (Å²) in [6.45, 7) is 1.38. The van der Waals surface area contributed by atoms with Gasteiger partial charge in [0, 0.05) is 19.6 Å². The highest BCUT2D eigenvalue weighted by Gasteiger charge is 2.47. The molecule has 3 unspecified atom stereocenters. The minimum absolute atomic E-state index is 0.177. The summed E-state index contributed by atoms with van der Waals surface area (Å²) < 4.78 is 104. The molecule has 0 spiro atoms. The number of rotatable bonds is 4. The molecule has 2 saturated heterocycles. The van der Waals surface area contributed by atoms with Gasteiger partial charge in [-0.2, -0.15) is 26.3 Å². The molecule has 13 heteroatoms. The molecule has 4 atom stereocenters. The molecular formula is C21H25ClF6N2O3S. The van der Waals surface area contributed by atoms with Crippen LogP contribution < -0.4 is 5.32 Å². The van der Waals surface area contributed by atoms with Crippen molar-refractivity contribution in [2.45, 2.75) is 60.1 Å². The van der Waals surface area contributed by atoms with Gasteiger partial charge in [-0.15, -0.1) is 11.6 Å². The molecular weight excluding hydrogens is 510 g/mol. The van der Waals surface area contributed by atoms with Crippen LogP contribution in [0.4, 0.5) is 26.3 Å². The van der Waals surface area contributed by atoms with E-state index in [0.717, 1.165) is 18.2 Å². The number of piperidine rings is 2. The Balaban J connectivity index is 1.62. The number of carbonyl (C=O) groups is 1. The minimum atomic E-state index is -4.67. The van der Waals surface area contributed by atoms with Gasteiger partial charge < -0.3 is 10.2 Å². The normalized spacial score (nSPS) is 26.4. The lowest BCUT2D eigenvalue weighted by Gasteiger charge is -2.39.